The van der Waals surface area contributed by atoms with Crippen molar-refractivity contribution in [2.24, 2.45) is 5.16 Å². The molecular weight excluding hydrogens is 373 g/mol. The predicted molar refractivity (Wildman–Crippen MR) is 85.0 cm³/mol. The number of oxime groups is 1. The van der Waals surface area contributed by atoms with Crippen molar-refractivity contribution in [1.82, 2.24) is 14.7 Å². The maximum Gasteiger partial charge on any atom is 0.422 e. The molecule has 0 radical (unpaired) electrons. The minimum atomic E-state index is -4.64. The number of barbiturate groups is 1. The number of hydrogen-bond acceptors (Lipinski definition) is 7. The number of halogens is 3. The zero-order chi connectivity index (χ0) is 20.4. The normalized spacial score (nSPS) is 19.7. The fourth-order valence-corrected chi connectivity index (χ4v) is 2.87. The summed E-state index contributed by atoms with van der Waals surface area (Å²) in [7, 11) is 0. The maximum atomic E-state index is 13.0. The molecule has 0 N–H and O–H groups in total. The summed E-state index contributed by atoms with van der Waals surface area (Å²) in [5, 5.41) is 3.40. The smallest absolute Gasteiger partial charge is 0.422 e. The molecule has 2 aliphatic rings. The molecule has 2 rings (SSSR count). The Morgan fingerprint density at radius 1 is 1.04 bits per heavy atom. The number of alkyl halides is 3. The van der Waals surface area contributed by atoms with Crippen molar-refractivity contribution in [1.29, 1.82) is 0 Å². The second-order valence-electron chi connectivity index (χ2n) is 5.95. The number of ether oxygens (including phenoxy) is 1. The van der Waals surface area contributed by atoms with Crippen LogP contribution in [0.25, 0.3) is 0 Å². The first-order valence-corrected chi connectivity index (χ1v) is 8.55. The molecule has 2 heterocycles. The van der Waals surface area contributed by atoms with E-state index >= 15 is 0 Å². The summed E-state index contributed by atoms with van der Waals surface area (Å²) in [6.45, 7) is 3.22. The van der Waals surface area contributed by atoms with Gasteiger partial charge in [0.15, 0.2) is 6.61 Å². The average molecular weight is 394 g/mol. The third kappa shape index (κ3) is 3.52. The van der Waals surface area contributed by atoms with Gasteiger partial charge >= 0.3 is 35.8 Å². The van der Waals surface area contributed by atoms with Crippen LogP contribution in [0, 0.1) is 0 Å². The third-order valence-corrected chi connectivity index (χ3v) is 3.97. The average Bonchev–Trinajstić information content (AvgIpc) is 2.98. The Morgan fingerprint density at radius 3 is 1.96 bits per heavy atom. The van der Waals surface area contributed by atoms with Crippen LogP contribution in [0.4, 0.5) is 18.0 Å². The molecule has 0 bridgehead atoms. The maximum absolute atomic E-state index is 13.0. The minimum absolute atomic E-state index is 0.0204. The molecule has 1 saturated heterocycles. The molecule has 4 amide bonds. The highest BCUT2D eigenvalue weighted by Crippen LogP contribution is 2.34. The fourth-order valence-electron chi connectivity index (χ4n) is 2.87. The van der Waals surface area contributed by atoms with Crippen molar-refractivity contribution in [3.05, 3.63) is 0 Å². The van der Waals surface area contributed by atoms with Crippen LogP contribution in [0.15, 0.2) is 5.16 Å². The molecule has 0 saturated carbocycles. The quantitative estimate of drug-likeness (QED) is 0.634. The van der Waals surface area contributed by atoms with Gasteiger partial charge in [-0.25, -0.2) is 4.79 Å². The fraction of sp³-hybridized carbons (Fsp3) is 0.733. The third-order valence-electron chi connectivity index (χ3n) is 3.97. The molecule has 0 aromatic heterocycles. The number of carbonyl (C=O) groups is 3. The lowest BCUT2D eigenvalue weighted by Gasteiger charge is -2.43. The number of amidine groups is 1. The zero-order valence-corrected chi connectivity index (χ0v) is 15.2. The van der Waals surface area contributed by atoms with Crippen LogP contribution in [0.5, 0.6) is 0 Å². The van der Waals surface area contributed by atoms with E-state index in [0.29, 0.717) is 12.8 Å². The Bertz CT molecular complexity index is 624. The molecule has 0 aliphatic carbocycles. The number of likely N-dealkylation sites (N-methyl/N-ethyl adjacent to an activating group) is 1. The Morgan fingerprint density at radius 2 is 1.56 bits per heavy atom. The van der Waals surface area contributed by atoms with Crippen LogP contribution in [0.1, 0.15) is 33.6 Å². The summed E-state index contributed by atoms with van der Waals surface area (Å²) in [4.78, 5) is 46.1. The van der Waals surface area contributed by atoms with Gasteiger partial charge in [-0.2, -0.15) is 13.2 Å². The van der Waals surface area contributed by atoms with Crippen LogP contribution >= 0.6 is 0 Å². The van der Waals surface area contributed by atoms with Crippen LogP contribution < -0.4 is 0 Å². The van der Waals surface area contributed by atoms with E-state index in [1.54, 1.807) is 13.8 Å². The number of hydrogen-bond donors (Lipinski definition) is 0. The summed E-state index contributed by atoms with van der Waals surface area (Å²) >= 11 is 0. The van der Waals surface area contributed by atoms with Crippen LogP contribution in [0.2, 0.25) is 0 Å². The second-order valence-corrected chi connectivity index (χ2v) is 5.95. The topological polar surface area (TPSA) is 91.8 Å². The van der Waals surface area contributed by atoms with E-state index in [2.05, 4.69) is 9.89 Å². The molecule has 0 atom stereocenters. The van der Waals surface area contributed by atoms with Gasteiger partial charge < -0.3 is 9.57 Å². The summed E-state index contributed by atoms with van der Waals surface area (Å²) in [6.07, 6.45) is -3.80. The van der Waals surface area contributed by atoms with Gasteiger partial charge in [-0.3, -0.25) is 24.3 Å². The first-order valence-electron chi connectivity index (χ1n) is 8.55. The van der Waals surface area contributed by atoms with Gasteiger partial charge in [0.2, 0.25) is 0 Å². The number of nitrogens with zero attached hydrogens (tertiary/aromatic N) is 4. The molecule has 0 unspecified atom stereocenters. The number of amides is 4. The van der Waals surface area contributed by atoms with E-state index in [-0.39, 0.29) is 19.6 Å². The van der Waals surface area contributed by atoms with Gasteiger partial charge in [0, 0.05) is 19.6 Å². The Hall–Kier alpha value is -2.53. The lowest BCUT2D eigenvalue weighted by Crippen LogP contribution is -2.74. The molecule has 1 spiro atoms. The van der Waals surface area contributed by atoms with Crippen molar-refractivity contribution < 1.29 is 37.1 Å². The highest BCUT2D eigenvalue weighted by Gasteiger charge is 2.67. The molecule has 0 aromatic carbocycles. The van der Waals surface area contributed by atoms with Gasteiger partial charge in [0.25, 0.3) is 0 Å². The van der Waals surface area contributed by atoms with Gasteiger partial charge in [-0.05, 0) is 24.9 Å². The number of imide groups is 2. The van der Waals surface area contributed by atoms with Crippen LogP contribution in [-0.4, -0.2) is 76.7 Å². The highest BCUT2D eigenvalue weighted by molar-refractivity contribution is 6.22. The highest BCUT2D eigenvalue weighted by atomic mass is 19.4. The lowest BCUT2D eigenvalue weighted by atomic mass is 10.1. The zero-order valence-electron chi connectivity index (χ0n) is 15.2. The van der Waals surface area contributed by atoms with E-state index in [9.17, 15) is 27.6 Å². The Labute approximate surface area is 153 Å². The van der Waals surface area contributed by atoms with Crippen molar-refractivity contribution in [2.75, 3.05) is 26.2 Å². The monoisotopic (exact) mass is 394 g/mol. The summed E-state index contributed by atoms with van der Waals surface area (Å²) in [6, 6.07) is -1.43. The second kappa shape index (κ2) is 7.61. The van der Waals surface area contributed by atoms with E-state index < -0.39 is 42.4 Å². The van der Waals surface area contributed by atoms with E-state index in [4.69, 9.17) is 4.84 Å². The van der Waals surface area contributed by atoms with Crippen LogP contribution in [0.3, 0.4) is 0 Å². The molecule has 1 fully saturated rings. The summed E-state index contributed by atoms with van der Waals surface area (Å²) in [5.41, 5.74) is -2.38. The molecule has 27 heavy (non-hydrogen) atoms. The SMILES string of the molecule is CCCN1C(=O)N(CCC)C(=O)C2(ON=C(OCC(F)(F)F)N2CC)C1=O. The van der Waals surface area contributed by atoms with Crippen molar-refractivity contribution in [2.45, 2.75) is 45.5 Å². The molecule has 2 aliphatic heterocycles. The Balaban J connectivity index is 2.41. The van der Waals surface area contributed by atoms with E-state index in [1.165, 1.54) is 6.92 Å². The first-order chi connectivity index (χ1) is 12.6. The molecule has 9 nitrogen and oxygen atoms in total. The minimum Gasteiger partial charge on any atom is -0.453 e. The van der Waals surface area contributed by atoms with Gasteiger partial charge in [-0.15, -0.1) is 0 Å². The van der Waals surface area contributed by atoms with Gasteiger partial charge in [0.05, 0.1) is 0 Å². The van der Waals surface area contributed by atoms with E-state index in [0.717, 1.165) is 14.7 Å². The summed E-state index contributed by atoms with van der Waals surface area (Å²) in [5.74, 6) is -1.99. The number of urea groups is 1. The van der Waals surface area contributed by atoms with Crippen LogP contribution in [-0.2, 0) is 19.2 Å². The molecular formula is C15H21F3N4O5. The van der Waals surface area contributed by atoms with Gasteiger partial charge in [-0.1, -0.05) is 13.8 Å². The van der Waals surface area contributed by atoms with Crippen molar-refractivity contribution >= 4 is 23.9 Å². The predicted octanol–water partition coefficient (Wildman–Crippen LogP) is 1.50. The Kier molecular flexibility index (Phi) is 5.85. The number of carbonyl (C=O) groups excluding carboxylic acids is 3. The van der Waals surface area contributed by atoms with Crippen molar-refractivity contribution in [3.63, 3.8) is 0 Å². The van der Waals surface area contributed by atoms with Crippen molar-refractivity contribution in [3.8, 4) is 0 Å². The lowest BCUT2D eigenvalue weighted by molar-refractivity contribution is -0.190. The largest absolute Gasteiger partial charge is 0.453 e. The van der Waals surface area contributed by atoms with Gasteiger partial charge in [0.1, 0.15) is 0 Å². The molecule has 152 valence electrons. The number of rotatable bonds is 6. The standard InChI is InChI=1S/C15H21F3N4O5/c1-4-7-20-10(23)15(11(24)21(8-5-2)13(20)25)22(6-3)12(19-27-15)26-9-14(16,17)18/h4-9H2,1-3H3. The first kappa shape index (κ1) is 20.8. The van der Waals surface area contributed by atoms with E-state index in [1.807, 2.05) is 0 Å². The molecule has 0 aromatic rings. The summed E-state index contributed by atoms with van der Waals surface area (Å²) < 4.78 is 42.0. The molecule has 12 heteroatoms.